The molecule has 0 unspecified atom stereocenters. The van der Waals surface area contributed by atoms with Crippen LogP contribution in [0.5, 0.6) is 0 Å². The molecule has 0 amide bonds. The summed E-state index contributed by atoms with van der Waals surface area (Å²) in [5.74, 6) is 1.47. The first kappa shape index (κ1) is 34.4. The van der Waals surface area contributed by atoms with Crippen molar-refractivity contribution < 1.29 is 21.7 Å². The van der Waals surface area contributed by atoms with Crippen molar-refractivity contribution in [2.75, 3.05) is 0 Å². The summed E-state index contributed by atoms with van der Waals surface area (Å²) in [4.78, 5) is 0. The molecule has 0 spiro atoms. The first-order chi connectivity index (χ1) is 10.6. The molecule has 0 aliphatic heterocycles. The minimum atomic E-state index is -0.861. The monoisotopic (exact) mass is 444 g/mol. The minimum absolute atomic E-state index is 0. The third-order valence-corrected chi connectivity index (χ3v) is 2.81. The van der Waals surface area contributed by atoms with E-state index in [1.807, 2.05) is 0 Å². The molecular weight excluding hydrogens is 396 g/mol. The van der Waals surface area contributed by atoms with Gasteiger partial charge in [0.25, 0.3) is 0 Å². The van der Waals surface area contributed by atoms with Crippen LogP contribution in [-0.2, 0) is 21.7 Å². The molecule has 152 valence electrons. The smallest absolute Gasteiger partial charge is 0.342 e. The van der Waals surface area contributed by atoms with Gasteiger partial charge in [0.1, 0.15) is 0 Å². The molecule has 1 rings (SSSR count). The van der Waals surface area contributed by atoms with Crippen LogP contribution >= 0.6 is 0 Å². The van der Waals surface area contributed by atoms with Crippen LogP contribution in [0.1, 0.15) is 34.6 Å². The average molecular weight is 445 g/mol. The van der Waals surface area contributed by atoms with Crippen LogP contribution in [0.25, 0.3) is 0 Å². The first-order valence-electron chi connectivity index (χ1n) is 9.31. The van der Waals surface area contributed by atoms with E-state index in [0.29, 0.717) is 0 Å². The van der Waals surface area contributed by atoms with Crippen molar-refractivity contribution in [3.8, 4) is 0 Å². The number of allylic oxidation sites excluding steroid dienone is 4. The quantitative estimate of drug-likeness (QED) is 0.260. The Bertz CT molecular complexity index is 371. The Morgan fingerprint density at radius 3 is 0.577 bits per heavy atom. The largest absolute Gasteiger partial charge is 3.00 e. The van der Waals surface area contributed by atoms with Crippen LogP contribution in [0.15, 0.2) is 22.3 Å². The molecule has 2 radical (unpaired) electrons. The van der Waals surface area contributed by atoms with Gasteiger partial charge in [0, 0.05) is 5.92 Å². The van der Waals surface area contributed by atoms with Crippen LogP contribution in [-0.4, -0.2) is 24.2 Å². The number of rotatable bonds is 0. The SMILES string of the molecule is C[C]1C(C)=C(C)C(C)=C1C.[CH2-][Si](C)(C)C.[CH2-][Si](C)(C)C.[CH2-][Si](C)(C)C.[Ti+3]. The third-order valence-electron chi connectivity index (χ3n) is 2.81. The van der Waals surface area contributed by atoms with E-state index in [1.165, 1.54) is 28.2 Å². The summed E-state index contributed by atoms with van der Waals surface area (Å²) in [6, 6.07) is 0. The van der Waals surface area contributed by atoms with Crippen molar-refractivity contribution in [2.24, 2.45) is 0 Å². The molecule has 1 aliphatic rings. The molecule has 0 aromatic heterocycles. The van der Waals surface area contributed by atoms with Gasteiger partial charge in [-0.05, 0) is 38.8 Å². The summed E-state index contributed by atoms with van der Waals surface area (Å²) in [5.41, 5.74) is 5.87. The fourth-order valence-electron chi connectivity index (χ4n) is 1.41. The van der Waals surface area contributed by atoms with Crippen molar-refractivity contribution in [3.63, 3.8) is 0 Å². The van der Waals surface area contributed by atoms with Gasteiger partial charge < -0.3 is 19.6 Å². The zero-order valence-electron chi connectivity index (χ0n) is 20.6. The maximum absolute atomic E-state index is 3.91. The van der Waals surface area contributed by atoms with E-state index in [9.17, 15) is 0 Å². The second kappa shape index (κ2) is 13.9. The summed E-state index contributed by atoms with van der Waals surface area (Å²) in [6.45, 7) is 42.7. The molecule has 0 fully saturated rings. The van der Waals surface area contributed by atoms with E-state index >= 15 is 0 Å². The molecular formula is C22H48Si3Ti. The number of hydrogen-bond donors (Lipinski definition) is 0. The van der Waals surface area contributed by atoms with Crippen molar-refractivity contribution in [3.05, 3.63) is 47.9 Å². The molecule has 0 nitrogen and oxygen atoms in total. The van der Waals surface area contributed by atoms with Crippen molar-refractivity contribution in [1.29, 1.82) is 0 Å². The van der Waals surface area contributed by atoms with Crippen LogP contribution in [0.2, 0.25) is 58.9 Å². The molecule has 0 aromatic rings. The van der Waals surface area contributed by atoms with Crippen LogP contribution in [0, 0.1) is 25.6 Å². The molecule has 1 aliphatic carbocycles. The zero-order chi connectivity index (χ0) is 21.4. The molecule has 0 heterocycles. The van der Waals surface area contributed by atoms with E-state index < -0.39 is 24.2 Å². The maximum atomic E-state index is 3.91. The van der Waals surface area contributed by atoms with Crippen LogP contribution in [0.4, 0.5) is 0 Å². The normalized spacial score (nSPS) is 15.1. The standard InChI is InChI=1S/C10H15.3C4H11Si.Ti/c1-6-7(2)9(4)10(5)8(6)3;3*1-5(2,3)4;/h1-5H3;3*1H2,2-4H3;/q;3*-1;+3. The van der Waals surface area contributed by atoms with Gasteiger partial charge in [-0.3, -0.25) is 0 Å². The second-order valence-electron chi connectivity index (χ2n) is 10.8. The zero-order valence-corrected chi connectivity index (χ0v) is 25.2. The van der Waals surface area contributed by atoms with E-state index in [0.717, 1.165) is 0 Å². The van der Waals surface area contributed by atoms with Gasteiger partial charge >= 0.3 is 21.7 Å². The predicted octanol–water partition coefficient (Wildman–Crippen LogP) is 8.36. The first-order valence-corrected chi connectivity index (χ1v) is 20.4. The van der Waals surface area contributed by atoms with Gasteiger partial charge in [-0.2, -0.15) is 0 Å². The van der Waals surface area contributed by atoms with Crippen LogP contribution < -0.4 is 0 Å². The molecule has 0 aromatic carbocycles. The van der Waals surface area contributed by atoms with E-state index in [4.69, 9.17) is 0 Å². The summed E-state index contributed by atoms with van der Waals surface area (Å²) in [6.07, 6.45) is 0. The van der Waals surface area contributed by atoms with Gasteiger partial charge in [-0.1, -0.05) is 77.0 Å². The Kier molecular flexibility index (Phi) is 18.4. The molecule has 0 saturated carbocycles. The topological polar surface area (TPSA) is 0 Å². The molecule has 26 heavy (non-hydrogen) atoms. The van der Waals surface area contributed by atoms with E-state index in [1.54, 1.807) is 0 Å². The Labute approximate surface area is 186 Å². The molecule has 0 atom stereocenters. The van der Waals surface area contributed by atoms with E-state index in [2.05, 4.69) is 113 Å². The average Bonchev–Trinajstić information content (AvgIpc) is 2.41. The second-order valence-corrected chi connectivity index (χ2v) is 26.2. The molecule has 0 saturated heterocycles. The van der Waals surface area contributed by atoms with Gasteiger partial charge in [-0.15, -0.1) is 24.2 Å². The van der Waals surface area contributed by atoms with Crippen LogP contribution in [0.3, 0.4) is 0 Å². The van der Waals surface area contributed by atoms with Gasteiger partial charge in [0.15, 0.2) is 0 Å². The fraction of sp³-hybridized carbons (Fsp3) is 0.636. The Morgan fingerprint density at radius 1 is 0.423 bits per heavy atom. The van der Waals surface area contributed by atoms with Gasteiger partial charge in [0.2, 0.25) is 0 Å². The predicted molar refractivity (Wildman–Crippen MR) is 132 cm³/mol. The number of hydrogen-bond acceptors (Lipinski definition) is 0. The summed E-state index contributed by atoms with van der Waals surface area (Å²) < 4.78 is 0. The summed E-state index contributed by atoms with van der Waals surface area (Å²) >= 11 is 0. The van der Waals surface area contributed by atoms with Crippen molar-refractivity contribution >= 4 is 24.2 Å². The molecule has 4 heteroatoms. The van der Waals surface area contributed by atoms with Crippen molar-refractivity contribution in [1.82, 2.24) is 0 Å². The fourth-order valence-corrected chi connectivity index (χ4v) is 1.41. The van der Waals surface area contributed by atoms with Crippen molar-refractivity contribution in [2.45, 2.75) is 93.5 Å². The summed E-state index contributed by atoms with van der Waals surface area (Å²) in [5, 5.41) is 0. The van der Waals surface area contributed by atoms with E-state index in [-0.39, 0.29) is 21.7 Å². The maximum Gasteiger partial charge on any atom is 3.00 e. The Balaban J connectivity index is -0.000000132. The summed E-state index contributed by atoms with van der Waals surface area (Å²) in [7, 11) is -2.58. The molecule has 0 bridgehead atoms. The molecule has 0 N–H and O–H groups in total. The third kappa shape index (κ3) is 32.5. The minimum Gasteiger partial charge on any atom is -0.342 e. The van der Waals surface area contributed by atoms with Gasteiger partial charge in [0.05, 0.1) is 0 Å². The van der Waals surface area contributed by atoms with Gasteiger partial charge in [-0.25, -0.2) is 0 Å². The Hall–Kier alpha value is 0.845. The Morgan fingerprint density at radius 2 is 0.538 bits per heavy atom.